The van der Waals surface area contributed by atoms with Gasteiger partial charge < -0.3 is 22.1 Å². The second-order valence-corrected chi connectivity index (χ2v) is 4.69. The van der Waals surface area contributed by atoms with E-state index in [0.717, 1.165) is 4.90 Å². The third-order valence-electron chi connectivity index (χ3n) is 3.07. The smallest absolute Gasteiger partial charge is 0.237 e. The van der Waals surface area contributed by atoms with E-state index in [0.29, 0.717) is 12.8 Å². The lowest BCUT2D eigenvalue weighted by Crippen LogP contribution is -2.53. The fourth-order valence-electron chi connectivity index (χ4n) is 1.88. The van der Waals surface area contributed by atoms with Crippen LogP contribution in [0.5, 0.6) is 0 Å². The number of nitrogens with zero attached hydrogens (tertiary/aromatic N) is 1. The Morgan fingerprint density at radius 2 is 1.37 bits per heavy atom. The number of hydrogen-bond donors (Lipinski definition) is 3. The second-order valence-electron chi connectivity index (χ2n) is 4.25. The van der Waals surface area contributed by atoms with Gasteiger partial charge in [-0.1, -0.05) is 26.1 Å². The van der Waals surface area contributed by atoms with Gasteiger partial charge in [-0.2, -0.15) is 0 Å². The highest BCUT2D eigenvalue weighted by Crippen LogP contribution is 2.29. The van der Waals surface area contributed by atoms with Crippen molar-refractivity contribution in [3.8, 4) is 0 Å². The van der Waals surface area contributed by atoms with Gasteiger partial charge in [0.15, 0.2) is 0 Å². The van der Waals surface area contributed by atoms with Crippen molar-refractivity contribution in [1.29, 1.82) is 0 Å². The highest BCUT2D eigenvalue weighted by molar-refractivity contribution is 7.80. The summed E-state index contributed by atoms with van der Waals surface area (Å²) in [5, 5.41) is 0. The number of carbonyl (C=O) groups is 3. The van der Waals surface area contributed by atoms with Gasteiger partial charge in [-0.3, -0.25) is 14.4 Å². The van der Waals surface area contributed by atoms with Gasteiger partial charge in [0.2, 0.25) is 17.7 Å². The summed E-state index contributed by atoms with van der Waals surface area (Å²) in [4.78, 5) is 35.5. The Morgan fingerprint density at radius 1 is 1.00 bits per heavy atom. The molecule has 19 heavy (non-hydrogen) atoms. The van der Waals surface area contributed by atoms with Gasteiger partial charge in [0.05, 0.1) is 23.5 Å². The van der Waals surface area contributed by atoms with E-state index in [1.165, 1.54) is 0 Å². The maximum atomic E-state index is 12.5. The topological polar surface area (TPSA) is 133 Å². The van der Waals surface area contributed by atoms with Gasteiger partial charge in [0.25, 0.3) is 0 Å². The largest absolute Gasteiger partial charge is 0.392 e. The fraction of sp³-hybridized carbons (Fsp3) is 0.636. The summed E-state index contributed by atoms with van der Waals surface area (Å²) in [6, 6.07) is 0. The third kappa shape index (κ3) is 4.16. The Labute approximate surface area is 117 Å². The van der Waals surface area contributed by atoms with E-state index in [2.05, 4.69) is 0 Å². The van der Waals surface area contributed by atoms with Crippen LogP contribution in [-0.4, -0.2) is 40.7 Å². The Balaban J connectivity index is 5.40. The second kappa shape index (κ2) is 7.03. The molecular formula is C11H20N4O3S. The third-order valence-corrected chi connectivity index (χ3v) is 3.46. The summed E-state index contributed by atoms with van der Waals surface area (Å²) in [6.07, 6.45) is 0.734. The minimum atomic E-state index is -1.08. The molecule has 6 N–H and O–H groups in total. The lowest BCUT2D eigenvalue weighted by Gasteiger charge is -2.34. The van der Waals surface area contributed by atoms with Gasteiger partial charge in [0.1, 0.15) is 0 Å². The molecule has 0 bridgehead atoms. The van der Waals surface area contributed by atoms with Gasteiger partial charge >= 0.3 is 0 Å². The van der Waals surface area contributed by atoms with Crippen molar-refractivity contribution in [2.45, 2.75) is 26.7 Å². The summed E-state index contributed by atoms with van der Waals surface area (Å²) in [7, 11) is 0. The van der Waals surface area contributed by atoms with Crippen molar-refractivity contribution in [3.63, 3.8) is 0 Å². The van der Waals surface area contributed by atoms with Crippen molar-refractivity contribution in [2.24, 2.45) is 22.6 Å². The zero-order valence-electron chi connectivity index (χ0n) is 11.1. The number of nitrogens with two attached hydrogens (primary N) is 3. The first-order chi connectivity index (χ1) is 8.71. The molecule has 7 nitrogen and oxygen atoms in total. The van der Waals surface area contributed by atoms with E-state index >= 15 is 0 Å². The number of thiocarbonyl (C=S) groups is 1. The molecule has 0 unspecified atom stereocenters. The number of primary amides is 2. The summed E-state index contributed by atoms with van der Waals surface area (Å²) in [5.41, 5.74) is 14.7. The normalized spacial score (nSPS) is 10.8. The molecule has 0 aliphatic carbocycles. The van der Waals surface area contributed by atoms with Gasteiger partial charge in [-0.15, -0.1) is 0 Å². The first-order valence-corrected chi connectivity index (χ1v) is 6.28. The predicted molar refractivity (Wildman–Crippen MR) is 74.8 cm³/mol. The minimum Gasteiger partial charge on any atom is -0.392 e. The van der Waals surface area contributed by atoms with Gasteiger partial charge in [-0.25, -0.2) is 0 Å². The number of rotatable bonds is 8. The number of hydrogen-bond acceptors (Lipinski definition) is 4. The highest BCUT2D eigenvalue weighted by atomic mass is 32.1. The van der Waals surface area contributed by atoms with E-state index in [4.69, 9.17) is 29.4 Å². The summed E-state index contributed by atoms with van der Waals surface area (Å²) >= 11 is 4.95. The van der Waals surface area contributed by atoms with Crippen LogP contribution in [0.3, 0.4) is 0 Å². The molecule has 8 heteroatoms. The van der Waals surface area contributed by atoms with E-state index in [-0.39, 0.29) is 4.99 Å². The van der Waals surface area contributed by atoms with Crippen LogP contribution < -0.4 is 17.2 Å². The van der Waals surface area contributed by atoms with Gasteiger partial charge in [0, 0.05) is 0 Å². The van der Waals surface area contributed by atoms with Crippen molar-refractivity contribution < 1.29 is 14.4 Å². The van der Waals surface area contributed by atoms with Crippen LogP contribution in [-0.2, 0) is 14.4 Å². The highest BCUT2D eigenvalue weighted by Gasteiger charge is 2.41. The molecule has 0 rings (SSSR count). The first-order valence-electron chi connectivity index (χ1n) is 5.87. The monoisotopic (exact) mass is 288 g/mol. The molecule has 0 aliphatic heterocycles. The van der Waals surface area contributed by atoms with Crippen molar-refractivity contribution in [3.05, 3.63) is 0 Å². The molecule has 0 fully saturated rings. The van der Waals surface area contributed by atoms with E-state index in [1.54, 1.807) is 13.8 Å². The van der Waals surface area contributed by atoms with Crippen LogP contribution in [0.15, 0.2) is 0 Å². The Bertz CT molecular complexity index is 377. The molecule has 0 saturated carbocycles. The number of amides is 3. The van der Waals surface area contributed by atoms with E-state index in [1.807, 2.05) is 0 Å². The standard InChI is InChI=1S/C11H20N4O3S/c1-3-11(4-2,9(14)19)10(18)15(5-7(12)16)6-8(13)17/h3-6H2,1-2H3,(H2,12,16)(H2,13,17)(H2,14,19). The molecular weight excluding hydrogens is 268 g/mol. The average molecular weight is 288 g/mol. The van der Waals surface area contributed by atoms with Crippen LogP contribution in [0, 0.1) is 5.41 Å². The molecule has 0 atom stereocenters. The van der Waals surface area contributed by atoms with E-state index in [9.17, 15) is 14.4 Å². The van der Waals surface area contributed by atoms with Crippen molar-refractivity contribution in [1.82, 2.24) is 4.90 Å². The molecule has 0 aromatic rings. The van der Waals surface area contributed by atoms with Crippen molar-refractivity contribution in [2.75, 3.05) is 13.1 Å². The van der Waals surface area contributed by atoms with Crippen LogP contribution in [0.25, 0.3) is 0 Å². The summed E-state index contributed by atoms with van der Waals surface area (Å²) < 4.78 is 0. The molecule has 0 heterocycles. The molecule has 0 aromatic carbocycles. The maximum absolute atomic E-state index is 12.5. The lowest BCUT2D eigenvalue weighted by atomic mass is 9.80. The van der Waals surface area contributed by atoms with Crippen molar-refractivity contribution >= 4 is 34.9 Å². The van der Waals surface area contributed by atoms with Crippen LogP contribution in [0.4, 0.5) is 0 Å². The Morgan fingerprint density at radius 3 is 1.58 bits per heavy atom. The number of carbonyl (C=O) groups excluding carboxylic acids is 3. The SMILES string of the molecule is CCC(CC)(C(=O)N(CC(N)=O)CC(N)=O)C(N)=S. The van der Waals surface area contributed by atoms with Gasteiger partial charge in [-0.05, 0) is 12.8 Å². The molecule has 3 amide bonds. The Kier molecular flexibility index (Phi) is 6.40. The molecule has 0 spiro atoms. The predicted octanol–water partition coefficient (Wildman–Crippen LogP) is -1.12. The minimum absolute atomic E-state index is 0.0291. The first kappa shape index (κ1) is 17.3. The maximum Gasteiger partial charge on any atom is 0.237 e. The van der Waals surface area contributed by atoms with E-state index < -0.39 is 36.2 Å². The fourth-order valence-corrected chi connectivity index (χ4v) is 2.26. The zero-order valence-corrected chi connectivity index (χ0v) is 12.0. The average Bonchev–Trinajstić information content (AvgIpc) is 2.28. The lowest BCUT2D eigenvalue weighted by molar-refractivity contribution is -0.143. The molecule has 0 radical (unpaired) electrons. The molecule has 108 valence electrons. The molecule has 0 saturated heterocycles. The summed E-state index contributed by atoms with van der Waals surface area (Å²) in [6.45, 7) is 2.72. The summed E-state index contributed by atoms with van der Waals surface area (Å²) in [5.74, 6) is -1.97. The molecule has 0 aliphatic rings. The quantitative estimate of drug-likeness (QED) is 0.486. The Hall–Kier alpha value is -1.70. The molecule has 0 aromatic heterocycles. The van der Waals surface area contributed by atoms with Crippen LogP contribution in [0.1, 0.15) is 26.7 Å². The van der Waals surface area contributed by atoms with Crippen LogP contribution >= 0.6 is 12.2 Å². The zero-order chi connectivity index (χ0) is 15.2. The van der Waals surface area contributed by atoms with Crippen LogP contribution in [0.2, 0.25) is 0 Å².